The summed E-state index contributed by atoms with van der Waals surface area (Å²) in [5.74, 6) is -0.256. The van der Waals surface area contributed by atoms with Gasteiger partial charge in [-0.1, -0.05) is 66.8 Å². The maximum atomic E-state index is 16.4. The van der Waals surface area contributed by atoms with Crippen molar-refractivity contribution in [2.45, 2.75) is 110 Å². The number of carbonyl (C=O) groups excluding carboxylic acids is 1. The van der Waals surface area contributed by atoms with Crippen molar-refractivity contribution < 1.29 is 18.3 Å². The molecule has 0 saturated heterocycles. The second kappa shape index (κ2) is 14.3. The topological polar surface area (TPSA) is 109 Å². The quantitative estimate of drug-likeness (QED) is 0.163. The van der Waals surface area contributed by atoms with Gasteiger partial charge in [0, 0.05) is 17.8 Å². The second-order valence-corrected chi connectivity index (χ2v) is 18.4. The number of hydrogen-bond donors (Lipinski definition) is 3. The molecular formula is C32H47FN4O3SSi. The lowest BCUT2D eigenvalue weighted by molar-refractivity contribution is 0.0523. The van der Waals surface area contributed by atoms with Gasteiger partial charge in [0.2, 0.25) is 0 Å². The van der Waals surface area contributed by atoms with E-state index in [1.54, 1.807) is 51.1 Å². The second-order valence-electron chi connectivity index (χ2n) is 12.6. The van der Waals surface area contributed by atoms with Gasteiger partial charge < -0.3 is 25.5 Å². The van der Waals surface area contributed by atoms with Crippen molar-refractivity contribution >= 4 is 37.3 Å². The molecule has 0 aliphatic rings. The zero-order chi connectivity index (χ0) is 32.0. The number of amides is 1. The molecule has 0 bridgehead atoms. The average Bonchev–Trinajstić information content (AvgIpc) is 2.88. The lowest BCUT2D eigenvalue weighted by atomic mass is 10.00. The van der Waals surface area contributed by atoms with Crippen LogP contribution in [0.25, 0.3) is 0 Å². The minimum absolute atomic E-state index is 0.0611. The van der Waals surface area contributed by atoms with Crippen LogP contribution in [0.1, 0.15) is 97.5 Å². The molecule has 2 aromatic carbocycles. The summed E-state index contributed by atoms with van der Waals surface area (Å²) in [6.45, 7) is 20.4. The maximum absolute atomic E-state index is 16.4. The van der Waals surface area contributed by atoms with E-state index < -0.39 is 31.9 Å². The van der Waals surface area contributed by atoms with Crippen molar-refractivity contribution in [2.75, 3.05) is 5.32 Å². The van der Waals surface area contributed by atoms with Gasteiger partial charge in [-0.2, -0.15) is 5.26 Å². The van der Waals surface area contributed by atoms with Crippen LogP contribution in [0.2, 0.25) is 16.6 Å². The first-order valence-corrected chi connectivity index (χ1v) is 17.1. The first-order chi connectivity index (χ1) is 19.5. The first kappa shape index (κ1) is 35.0. The van der Waals surface area contributed by atoms with Crippen LogP contribution in [0.4, 0.5) is 14.9 Å². The van der Waals surface area contributed by atoms with Gasteiger partial charge in [-0.3, -0.25) is 0 Å². The number of benzene rings is 2. The number of nitrogens with two attached hydrogens (primary N) is 1. The number of hydrogen-bond acceptors (Lipinski definition) is 6. The Hall–Kier alpha value is -3.16. The number of thiocarbonyl (C=S) groups is 1. The fourth-order valence-corrected chi connectivity index (χ4v) is 11.0. The van der Waals surface area contributed by atoms with Gasteiger partial charge in [0.1, 0.15) is 22.4 Å². The van der Waals surface area contributed by atoms with Gasteiger partial charge >= 0.3 is 6.09 Å². The van der Waals surface area contributed by atoms with E-state index in [4.69, 9.17) is 27.1 Å². The van der Waals surface area contributed by atoms with E-state index in [2.05, 4.69) is 58.2 Å². The maximum Gasteiger partial charge on any atom is 0.407 e. The summed E-state index contributed by atoms with van der Waals surface area (Å²) in [5.41, 5.74) is 9.05. The summed E-state index contributed by atoms with van der Waals surface area (Å²) in [5, 5.41) is 15.6. The van der Waals surface area contributed by atoms with Crippen molar-refractivity contribution in [1.82, 2.24) is 5.32 Å². The molecule has 1 amide bonds. The van der Waals surface area contributed by atoms with E-state index in [9.17, 15) is 10.1 Å². The molecular weight excluding hydrogens is 568 g/mol. The zero-order valence-corrected chi connectivity index (χ0v) is 28.5. The number of halogens is 1. The van der Waals surface area contributed by atoms with E-state index in [1.165, 1.54) is 0 Å². The number of carbonyl (C=O) groups is 1. The Morgan fingerprint density at radius 1 is 1.10 bits per heavy atom. The molecule has 0 aliphatic heterocycles. The number of anilines is 1. The van der Waals surface area contributed by atoms with E-state index in [0.717, 1.165) is 5.56 Å². The molecule has 2 rings (SSSR count). The highest BCUT2D eigenvalue weighted by molar-refractivity contribution is 7.80. The average molecular weight is 615 g/mol. The van der Waals surface area contributed by atoms with Gasteiger partial charge in [-0.25, -0.2) is 9.18 Å². The number of nitrogens with one attached hydrogen (secondary N) is 2. The molecule has 42 heavy (non-hydrogen) atoms. The molecule has 10 heteroatoms. The fourth-order valence-electron chi connectivity index (χ4n) is 5.60. The Labute approximate surface area is 257 Å². The first-order valence-electron chi connectivity index (χ1n) is 14.5. The van der Waals surface area contributed by atoms with Crippen LogP contribution in [-0.4, -0.2) is 25.0 Å². The Kier molecular flexibility index (Phi) is 12.0. The molecule has 4 N–H and O–H groups in total. The third-order valence-corrected chi connectivity index (χ3v) is 13.7. The molecule has 0 radical (unpaired) electrons. The minimum atomic E-state index is -2.45. The SMILES string of the molecule is CCc1cc(O[Si](C(C)C)(C(C)C)C(C)C)c(F)c(C(Nc2ccc(C#N)c(CNC(=O)OC(C)(C)C)c2)C(N)=S)c1. The van der Waals surface area contributed by atoms with Crippen LogP contribution in [0.15, 0.2) is 30.3 Å². The van der Waals surface area contributed by atoms with Crippen molar-refractivity contribution in [1.29, 1.82) is 5.26 Å². The molecule has 1 unspecified atom stereocenters. The van der Waals surface area contributed by atoms with E-state index in [1.807, 2.05) is 6.92 Å². The molecule has 230 valence electrons. The largest absolute Gasteiger partial charge is 0.541 e. The number of alkyl carbamates (subject to hydrolysis) is 1. The molecule has 0 aliphatic carbocycles. The molecule has 2 aromatic rings. The highest BCUT2D eigenvalue weighted by Crippen LogP contribution is 2.44. The summed E-state index contributed by atoms with van der Waals surface area (Å²) in [7, 11) is -2.45. The van der Waals surface area contributed by atoms with Gasteiger partial charge in [-0.05, 0) is 79.2 Å². The molecule has 0 aromatic heterocycles. The lowest BCUT2D eigenvalue weighted by Gasteiger charge is -2.42. The molecule has 0 heterocycles. The predicted molar refractivity (Wildman–Crippen MR) is 175 cm³/mol. The van der Waals surface area contributed by atoms with Crippen molar-refractivity contribution in [3.63, 3.8) is 0 Å². The standard InChI is InChI=1S/C32H47FN4O3SSi/c1-11-22-14-26(28(33)27(15-22)40-42(19(2)3,20(4)5)21(6)7)29(30(35)41)37-25-13-12-23(17-34)24(16-25)18-36-31(38)39-32(8,9)10/h12-16,19-21,29,37H,11,18H2,1-10H3,(H2,35,41)(H,36,38). The summed E-state index contributed by atoms with van der Waals surface area (Å²) in [6.07, 6.45) is 0.0746. The predicted octanol–water partition coefficient (Wildman–Crippen LogP) is 8.28. The lowest BCUT2D eigenvalue weighted by Crippen LogP contribution is -2.51. The van der Waals surface area contributed by atoms with Crippen LogP contribution < -0.4 is 20.8 Å². The summed E-state index contributed by atoms with van der Waals surface area (Å²) < 4.78 is 28.5. The monoisotopic (exact) mass is 614 g/mol. The van der Waals surface area contributed by atoms with E-state index in [-0.39, 0.29) is 33.9 Å². The fraction of sp³-hybridized carbons (Fsp3) is 0.531. The number of ether oxygens (including phenoxy) is 1. The highest BCUT2D eigenvalue weighted by atomic mass is 32.1. The molecule has 0 fully saturated rings. The Morgan fingerprint density at radius 2 is 1.69 bits per heavy atom. The molecule has 0 saturated carbocycles. The van der Waals surface area contributed by atoms with E-state index in [0.29, 0.717) is 28.8 Å². The van der Waals surface area contributed by atoms with Gasteiger partial charge in [-0.15, -0.1) is 0 Å². The third-order valence-electron chi connectivity index (χ3n) is 7.48. The number of rotatable bonds is 12. The van der Waals surface area contributed by atoms with Crippen LogP contribution >= 0.6 is 12.2 Å². The van der Waals surface area contributed by atoms with Crippen LogP contribution in [0.5, 0.6) is 5.75 Å². The summed E-state index contributed by atoms with van der Waals surface area (Å²) >= 11 is 5.42. The smallest absolute Gasteiger partial charge is 0.407 e. The zero-order valence-electron chi connectivity index (χ0n) is 26.6. The third kappa shape index (κ3) is 8.45. The van der Waals surface area contributed by atoms with Crippen LogP contribution in [-0.2, 0) is 17.7 Å². The minimum Gasteiger partial charge on any atom is -0.541 e. The van der Waals surface area contributed by atoms with Crippen LogP contribution in [0.3, 0.4) is 0 Å². The summed E-state index contributed by atoms with van der Waals surface area (Å²) in [6, 6.07) is 9.92. The Balaban J connectivity index is 2.53. The van der Waals surface area contributed by atoms with Crippen molar-refractivity contribution in [2.24, 2.45) is 5.73 Å². The number of nitriles is 1. The number of nitrogens with zero attached hydrogens (tertiary/aromatic N) is 1. The molecule has 0 spiro atoms. The Bertz CT molecular complexity index is 1300. The molecule has 1 atom stereocenters. The van der Waals surface area contributed by atoms with Gasteiger partial charge in [0.25, 0.3) is 8.32 Å². The van der Waals surface area contributed by atoms with Crippen LogP contribution in [0, 0.1) is 17.1 Å². The Morgan fingerprint density at radius 3 is 2.17 bits per heavy atom. The normalized spacial score (nSPS) is 12.7. The van der Waals surface area contributed by atoms with Crippen molar-refractivity contribution in [3.05, 3.63) is 58.4 Å². The van der Waals surface area contributed by atoms with Gasteiger partial charge in [0.05, 0.1) is 11.6 Å². The number of aryl methyl sites for hydroxylation is 1. The van der Waals surface area contributed by atoms with Gasteiger partial charge in [0.15, 0.2) is 5.82 Å². The summed E-state index contributed by atoms with van der Waals surface area (Å²) in [4.78, 5) is 12.3. The highest BCUT2D eigenvalue weighted by Gasteiger charge is 2.47. The molecule has 7 nitrogen and oxygen atoms in total. The van der Waals surface area contributed by atoms with E-state index >= 15 is 4.39 Å². The van der Waals surface area contributed by atoms with Crippen molar-refractivity contribution in [3.8, 4) is 11.8 Å².